The van der Waals surface area contributed by atoms with E-state index in [4.69, 9.17) is 4.52 Å². The number of hydrogen-bond donors (Lipinski definition) is 1. The van der Waals surface area contributed by atoms with Crippen LogP contribution >= 0.6 is 0 Å². The van der Waals surface area contributed by atoms with Crippen molar-refractivity contribution in [2.75, 3.05) is 5.32 Å². The van der Waals surface area contributed by atoms with Gasteiger partial charge in [-0.05, 0) is 48.4 Å². The number of aryl methyl sites for hydroxylation is 1. The number of pyridine rings is 2. The van der Waals surface area contributed by atoms with Crippen LogP contribution in [-0.2, 0) is 11.2 Å². The van der Waals surface area contributed by atoms with E-state index < -0.39 is 0 Å². The molecule has 7 nitrogen and oxygen atoms in total. The van der Waals surface area contributed by atoms with Crippen LogP contribution in [0.3, 0.4) is 0 Å². The molecule has 0 spiro atoms. The van der Waals surface area contributed by atoms with E-state index in [0.717, 1.165) is 11.1 Å². The summed E-state index contributed by atoms with van der Waals surface area (Å²) in [6.07, 6.45) is 5.59. The van der Waals surface area contributed by atoms with Crippen LogP contribution in [0.1, 0.15) is 23.6 Å². The van der Waals surface area contributed by atoms with Gasteiger partial charge in [-0.3, -0.25) is 9.78 Å². The first kappa shape index (κ1) is 19.0. The van der Waals surface area contributed by atoms with Crippen LogP contribution in [0.2, 0.25) is 0 Å². The third kappa shape index (κ3) is 5.14. The van der Waals surface area contributed by atoms with Gasteiger partial charge in [-0.15, -0.1) is 0 Å². The Kier molecular flexibility index (Phi) is 5.87. The summed E-state index contributed by atoms with van der Waals surface area (Å²) >= 11 is 0. The lowest BCUT2D eigenvalue weighted by molar-refractivity contribution is -0.116. The average Bonchev–Trinajstić information content (AvgIpc) is 3.27. The molecule has 3 aromatic heterocycles. The topological polar surface area (TPSA) is 93.8 Å². The zero-order valence-electron chi connectivity index (χ0n) is 15.9. The van der Waals surface area contributed by atoms with Gasteiger partial charge >= 0.3 is 0 Å². The van der Waals surface area contributed by atoms with Crippen molar-refractivity contribution >= 4 is 11.6 Å². The summed E-state index contributed by atoms with van der Waals surface area (Å²) in [7, 11) is 0. The summed E-state index contributed by atoms with van der Waals surface area (Å²) in [6.45, 7) is 0. The molecule has 0 unspecified atom stereocenters. The molecule has 0 aliphatic heterocycles. The Labute approximate surface area is 173 Å². The van der Waals surface area contributed by atoms with Gasteiger partial charge in [0.15, 0.2) is 0 Å². The van der Waals surface area contributed by atoms with Crippen LogP contribution in [0.15, 0.2) is 77.7 Å². The number of hydrogen-bond acceptors (Lipinski definition) is 6. The lowest BCUT2D eigenvalue weighted by atomic mass is 10.2. The van der Waals surface area contributed by atoms with Crippen LogP contribution in [0.4, 0.5) is 5.69 Å². The summed E-state index contributed by atoms with van der Waals surface area (Å²) in [5.41, 5.74) is 2.97. The maximum atomic E-state index is 12.3. The Balaban J connectivity index is 1.34. The molecule has 146 valence electrons. The van der Waals surface area contributed by atoms with Crippen molar-refractivity contribution in [1.29, 1.82) is 0 Å². The SMILES string of the molecule is O=C(CCc1nc(-c2ccncc2)no1)Nc1cccc(C#Cc2ccccn2)c1. The van der Waals surface area contributed by atoms with Gasteiger partial charge in [0.1, 0.15) is 5.69 Å². The molecule has 1 N–H and O–H groups in total. The van der Waals surface area contributed by atoms with Crippen molar-refractivity contribution in [3.63, 3.8) is 0 Å². The van der Waals surface area contributed by atoms with E-state index in [1.165, 1.54) is 0 Å². The quantitative estimate of drug-likeness (QED) is 0.520. The van der Waals surface area contributed by atoms with Gasteiger partial charge in [0.05, 0.1) is 0 Å². The molecule has 4 aromatic rings. The lowest BCUT2D eigenvalue weighted by Crippen LogP contribution is -2.12. The Hall–Kier alpha value is -4.31. The molecule has 0 radical (unpaired) electrons. The number of amides is 1. The highest BCUT2D eigenvalue weighted by Crippen LogP contribution is 2.15. The van der Waals surface area contributed by atoms with Crippen LogP contribution in [0, 0.1) is 11.8 Å². The van der Waals surface area contributed by atoms with E-state index in [1.54, 1.807) is 30.7 Å². The van der Waals surface area contributed by atoms with E-state index >= 15 is 0 Å². The number of aromatic nitrogens is 4. The standard InChI is InChI=1S/C23H17N5O2/c29-21(9-10-22-27-23(28-30-22)18-11-14-24-15-12-18)26-20-6-3-4-17(16-20)7-8-19-5-1-2-13-25-19/h1-6,11-16H,9-10H2,(H,26,29). The average molecular weight is 395 g/mol. The highest BCUT2D eigenvalue weighted by molar-refractivity contribution is 5.90. The largest absolute Gasteiger partial charge is 0.339 e. The van der Waals surface area contributed by atoms with Gasteiger partial charge in [-0.1, -0.05) is 23.2 Å². The summed E-state index contributed by atoms with van der Waals surface area (Å²) in [6, 6.07) is 16.5. The van der Waals surface area contributed by atoms with Crippen LogP contribution in [-0.4, -0.2) is 26.0 Å². The minimum Gasteiger partial charge on any atom is -0.339 e. The molecule has 30 heavy (non-hydrogen) atoms. The molecule has 0 aliphatic rings. The van der Waals surface area contributed by atoms with Crippen LogP contribution in [0.5, 0.6) is 0 Å². The third-order valence-corrected chi connectivity index (χ3v) is 4.12. The number of rotatable bonds is 5. The van der Waals surface area contributed by atoms with Crippen molar-refractivity contribution < 1.29 is 9.32 Å². The van der Waals surface area contributed by atoms with Crippen molar-refractivity contribution in [2.45, 2.75) is 12.8 Å². The second-order valence-corrected chi connectivity index (χ2v) is 6.34. The monoisotopic (exact) mass is 395 g/mol. The predicted octanol–water partition coefficient (Wildman–Crippen LogP) is 3.50. The number of benzene rings is 1. The highest BCUT2D eigenvalue weighted by Gasteiger charge is 2.11. The molecule has 0 atom stereocenters. The van der Waals surface area contributed by atoms with Gasteiger partial charge in [0.2, 0.25) is 17.6 Å². The number of anilines is 1. The molecular formula is C23H17N5O2. The molecule has 3 heterocycles. The molecular weight excluding hydrogens is 378 g/mol. The van der Waals surface area contributed by atoms with Crippen molar-refractivity contribution in [2.24, 2.45) is 0 Å². The molecule has 1 amide bonds. The smallest absolute Gasteiger partial charge is 0.227 e. The zero-order chi connectivity index (χ0) is 20.6. The molecule has 0 fully saturated rings. The van der Waals surface area contributed by atoms with Crippen molar-refractivity contribution in [3.05, 3.63) is 90.3 Å². The molecule has 0 aliphatic carbocycles. The fourth-order valence-electron chi connectivity index (χ4n) is 2.67. The molecule has 0 bridgehead atoms. The number of nitrogens with one attached hydrogen (secondary N) is 1. The second kappa shape index (κ2) is 9.26. The minimum atomic E-state index is -0.145. The van der Waals surface area contributed by atoms with Gasteiger partial charge in [-0.2, -0.15) is 4.98 Å². The second-order valence-electron chi connectivity index (χ2n) is 6.34. The van der Waals surface area contributed by atoms with E-state index in [-0.39, 0.29) is 12.3 Å². The minimum absolute atomic E-state index is 0.145. The maximum absolute atomic E-state index is 12.3. The molecule has 1 aromatic carbocycles. The van der Waals surface area contributed by atoms with Gasteiger partial charge in [0.25, 0.3) is 0 Å². The molecule has 0 saturated heterocycles. The normalized spacial score (nSPS) is 10.1. The zero-order valence-corrected chi connectivity index (χ0v) is 15.9. The maximum Gasteiger partial charge on any atom is 0.227 e. The van der Waals surface area contributed by atoms with Crippen LogP contribution < -0.4 is 5.32 Å². The van der Waals surface area contributed by atoms with Crippen molar-refractivity contribution in [1.82, 2.24) is 20.1 Å². The number of carbonyl (C=O) groups excluding carboxylic acids is 1. The van der Waals surface area contributed by atoms with Crippen molar-refractivity contribution in [3.8, 4) is 23.2 Å². The Bertz CT molecular complexity index is 1190. The molecule has 7 heteroatoms. The molecule has 4 rings (SSSR count). The molecule has 0 saturated carbocycles. The number of carbonyl (C=O) groups is 1. The first-order valence-electron chi connectivity index (χ1n) is 9.32. The Morgan fingerprint density at radius 2 is 1.90 bits per heavy atom. The summed E-state index contributed by atoms with van der Waals surface area (Å²) < 4.78 is 5.23. The van der Waals surface area contributed by atoms with Gasteiger partial charge < -0.3 is 9.84 Å². The first-order chi connectivity index (χ1) is 14.8. The fraction of sp³-hybridized carbons (Fsp3) is 0.0870. The third-order valence-electron chi connectivity index (χ3n) is 4.12. The lowest BCUT2D eigenvalue weighted by Gasteiger charge is -2.04. The summed E-state index contributed by atoms with van der Waals surface area (Å²) in [4.78, 5) is 24.7. The van der Waals surface area contributed by atoms with Gasteiger partial charge in [-0.25, -0.2) is 4.98 Å². The van der Waals surface area contributed by atoms with Crippen LogP contribution in [0.25, 0.3) is 11.4 Å². The van der Waals surface area contributed by atoms with Gasteiger partial charge in [0, 0.05) is 48.2 Å². The van der Waals surface area contributed by atoms with E-state index in [9.17, 15) is 4.79 Å². The first-order valence-corrected chi connectivity index (χ1v) is 9.32. The summed E-state index contributed by atoms with van der Waals surface area (Å²) in [5, 5.41) is 6.81. The number of nitrogens with zero attached hydrogens (tertiary/aromatic N) is 4. The fourth-order valence-corrected chi connectivity index (χ4v) is 2.67. The predicted molar refractivity (Wildman–Crippen MR) is 111 cm³/mol. The highest BCUT2D eigenvalue weighted by atomic mass is 16.5. The van der Waals surface area contributed by atoms with E-state index in [1.807, 2.05) is 42.5 Å². The Morgan fingerprint density at radius 3 is 2.73 bits per heavy atom. The summed E-state index contributed by atoms with van der Waals surface area (Å²) in [5.74, 6) is 6.79. The van der Waals surface area contributed by atoms with E-state index in [0.29, 0.717) is 29.5 Å². The van der Waals surface area contributed by atoms with E-state index in [2.05, 4.69) is 37.3 Å². The Morgan fingerprint density at radius 1 is 1.00 bits per heavy atom.